The van der Waals surface area contributed by atoms with Crippen molar-refractivity contribution >= 4 is 57.9 Å². The number of nitrogen functional groups attached to an aromatic ring is 1. The number of halogens is 3. The molecule has 146 valence electrons. The van der Waals surface area contributed by atoms with Crippen molar-refractivity contribution in [1.82, 2.24) is 0 Å². The van der Waals surface area contributed by atoms with Crippen LogP contribution in [0.2, 0.25) is 15.1 Å². The lowest BCUT2D eigenvalue weighted by Gasteiger charge is -2.16. The highest BCUT2D eigenvalue weighted by Crippen LogP contribution is 2.40. The van der Waals surface area contributed by atoms with Crippen molar-refractivity contribution in [1.29, 1.82) is 0 Å². The van der Waals surface area contributed by atoms with Gasteiger partial charge < -0.3 is 16.2 Å². The van der Waals surface area contributed by atoms with Gasteiger partial charge in [0.25, 0.3) is 0 Å². The number of nitrogens with two attached hydrogens (primary N) is 1. The Morgan fingerprint density at radius 1 is 1.04 bits per heavy atom. The standard InChI is InChI=1S/C21H19Cl3N2OS/c1-2-16-17(23)10-18(21(27)20(16)24)26-11-12-9-14(25)5-8-19(12)28-15-6-3-13(22)4-7-15/h3-10,26-27H,2,11,25H2,1H3. The monoisotopic (exact) mass is 452 g/mol. The van der Waals surface area contributed by atoms with E-state index in [1.807, 2.05) is 49.4 Å². The van der Waals surface area contributed by atoms with E-state index < -0.39 is 0 Å². The summed E-state index contributed by atoms with van der Waals surface area (Å²) in [5.74, 6) is -0.00118. The Hall–Kier alpha value is -1.72. The first-order chi connectivity index (χ1) is 13.4. The van der Waals surface area contributed by atoms with Crippen LogP contribution in [0.4, 0.5) is 11.4 Å². The quantitative estimate of drug-likeness (QED) is 0.271. The fraction of sp³-hybridized carbons (Fsp3) is 0.143. The minimum atomic E-state index is -0.00118. The Morgan fingerprint density at radius 2 is 1.75 bits per heavy atom. The first kappa shape index (κ1) is 21.0. The predicted octanol–water partition coefficient (Wildman–Crippen LogP) is 7.26. The maximum Gasteiger partial charge on any atom is 0.157 e. The number of benzene rings is 3. The second-order valence-corrected chi connectivity index (χ2v) is 8.51. The van der Waals surface area contributed by atoms with E-state index in [4.69, 9.17) is 40.5 Å². The molecule has 0 fully saturated rings. The van der Waals surface area contributed by atoms with Gasteiger partial charge in [-0.1, -0.05) is 53.5 Å². The number of hydrogen-bond acceptors (Lipinski definition) is 4. The highest BCUT2D eigenvalue weighted by molar-refractivity contribution is 7.99. The summed E-state index contributed by atoms with van der Waals surface area (Å²) in [5, 5.41) is 15.1. The molecule has 0 aliphatic carbocycles. The number of hydrogen-bond donors (Lipinski definition) is 3. The molecular formula is C21H19Cl3N2OS. The third-order valence-corrected chi connectivity index (χ3v) is 6.36. The second-order valence-electron chi connectivity index (χ2n) is 6.18. The Morgan fingerprint density at radius 3 is 2.43 bits per heavy atom. The molecule has 3 aromatic carbocycles. The summed E-state index contributed by atoms with van der Waals surface area (Å²) in [5.41, 5.74) is 8.85. The van der Waals surface area contributed by atoms with Gasteiger partial charge in [0.05, 0.1) is 10.7 Å². The SMILES string of the molecule is CCc1c(Cl)cc(NCc2cc(N)ccc2Sc2ccc(Cl)cc2)c(O)c1Cl. The van der Waals surface area contributed by atoms with Gasteiger partial charge in [-0.25, -0.2) is 0 Å². The van der Waals surface area contributed by atoms with E-state index in [1.165, 1.54) is 0 Å². The van der Waals surface area contributed by atoms with Crippen LogP contribution in [-0.4, -0.2) is 5.11 Å². The van der Waals surface area contributed by atoms with Crippen molar-refractivity contribution in [3.63, 3.8) is 0 Å². The van der Waals surface area contributed by atoms with Crippen LogP contribution in [0.25, 0.3) is 0 Å². The maximum absolute atomic E-state index is 10.4. The van der Waals surface area contributed by atoms with Crippen molar-refractivity contribution < 1.29 is 5.11 Å². The third-order valence-electron chi connectivity index (χ3n) is 4.24. The van der Waals surface area contributed by atoms with E-state index in [9.17, 15) is 5.11 Å². The predicted molar refractivity (Wildman–Crippen MR) is 121 cm³/mol. The van der Waals surface area contributed by atoms with Crippen LogP contribution in [0.15, 0.2) is 58.3 Å². The van der Waals surface area contributed by atoms with Gasteiger partial charge in [-0.05, 0) is 66.1 Å². The molecular weight excluding hydrogens is 435 g/mol. The zero-order valence-corrected chi connectivity index (χ0v) is 18.2. The van der Waals surface area contributed by atoms with Gasteiger partial charge in [-0.15, -0.1) is 0 Å². The van der Waals surface area contributed by atoms with Gasteiger partial charge in [0.1, 0.15) is 0 Å². The molecule has 28 heavy (non-hydrogen) atoms. The van der Waals surface area contributed by atoms with Crippen molar-refractivity contribution in [2.75, 3.05) is 11.1 Å². The Kier molecular flexibility index (Phi) is 6.89. The van der Waals surface area contributed by atoms with E-state index in [-0.39, 0.29) is 10.8 Å². The average molecular weight is 454 g/mol. The Bertz CT molecular complexity index is 994. The number of aromatic hydroxyl groups is 1. The van der Waals surface area contributed by atoms with Gasteiger partial charge in [-0.2, -0.15) is 0 Å². The number of rotatable bonds is 6. The molecule has 0 radical (unpaired) electrons. The molecule has 0 aliphatic rings. The van der Waals surface area contributed by atoms with Crippen molar-refractivity contribution in [3.8, 4) is 5.75 Å². The zero-order valence-electron chi connectivity index (χ0n) is 15.1. The van der Waals surface area contributed by atoms with Crippen LogP contribution < -0.4 is 11.1 Å². The minimum absolute atomic E-state index is 0.00118. The average Bonchev–Trinajstić information content (AvgIpc) is 2.67. The van der Waals surface area contributed by atoms with Gasteiger partial charge in [0.2, 0.25) is 0 Å². The minimum Gasteiger partial charge on any atom is -0.504 e. The van der Waals surface area contributed by atoms with Crippen LogP contribution in [0, 0.1) is 0 Å². The summed E-state index contributed by atoms with van der Waals surface area (Å²) in [6, 6.07) is 15.1. The molecule has 0 atom stereocenters. The van der Waals surface area contributed by atoms with Crippen LogP contribution in [-0.2, 0) is 13.0 Å². The molecule has 4 N–H and O–H groups in total. The molecule has 3 aromatic rings. The van der Waals surface area contributed by atoms with E-state index in [1.54, 1.807) is 17.8 Å². The molecule has 0 aromatic heterocycles. The summed E-state index contributed by atoms with van der Waals surface area (Å²) in [6.45, 7) is 2.39. The van der Waals surface area contributed by atoms with Gasteiger partial charge >= 0.3 is 0 Å². The van der Waals surface area contributed by atoms with Crippen molar-refractivity contribution in [3.05, 3.63) is 74.7 Å². The molecule has 7 heteroatoms. The molecule has 3 rings (SSSR count). The summed E-state index contributed by atoms with van der Waals surface area (Å²) in [6.07, 6.45) is 0.641. The fourth-order valence-corrected chi connectivity index (χ4v) is 4.54. The highest BCUT2D eigenvalue weighted by Gasteiger charge is 2.15. The third kappa shape index (κ3) is 4.81. The smallest absolute Gasteiger partial charge is 0.157 e. The van der Waals surface area contributed by atoms with Crippen molar-refractivity contribution in [2.45, 2.75) is 29.7 Å². The Balaban J connectivity index is 1.85. The molecule has 0 bridgehead atoms. The number of nitrogens with one attached hydrogen (secondary N) is 1. The van der Waals surface area contributed by atoms with Crippen LogP contribution in [0.5, 0.6) is 5.75 Å². The first-order valence-electron chi connectivity index (χ1n) is 8.64. The summed E-state index contributed by atoms with van der Waals surface area (Å²) in [7, 11) is 0. The van der Waals surface area contributed by atoms with Crippen LogP contribution in [0.3, 0.4) is 0 Å². The highest BCUT2D eigenvalue weighted by atomic mass is 35.5. The van der Waals surface area contributed by atoms with Gasteiger partial charge in [-0.3, -0.25) is 0 Å². The summed E-state index contributed by atoms with van der Waals surface area (Å²) < 4.78 is 0. The number of phenolic OH excluding ortho intramolecular Hbond substituents is 1. The summed E-state index contributed by atoms with van der Waals surface area (Å²) >= 11 is 20.1. The van der Waals surface area contributed by atoms with E-state index in [0.717, 1.165) is 20.9 Å². The first-order valence-corrected chi connectivity index (χ1v) is 10.6. The second kappa shape index (κ2) is 9.19. The molecule has 0 heterocycles. The van der Waals surface area contributed by atoms with Crippen LogP contribution >= 0.6 is 46.6 Å². The molecule has 0 amide bonds. The largest absolute Gasteiger partial charge is 0.504 e. The van der Waals surface area contributed by atoms with E-state index >= 15 is 0 Å². The maximum atomic E-state index is 10.4. The molecule has 0 spiro atoms. The van der Waals surface area contributed by atoms with E-state index in [2.05, 4.69) is 5.32 Å². The fourth-order valence-electron chi connectivity index (χ4n) is 2.76. The van der Waals surface area contributed by atoms with E-state index in [0.29, 0.717) is 34.4 Å². The number of anilines is 2. The molecule has 3 nitrogen and oxygen atoms in total. The lowest BCUT2D eigenvalue weighted by molar-refractivity contribution is 0.476. The normalized spacial score (nSPS) is 10.9. The molecule has 0 unspecified atom stereocenters. The Labute approximate surface area is 183 Å². The van der Waals surface area contributed by atoms with Crippen LogP contribution in [0.1, 0.15) is 18.1 Å². The number of phenols is 1. The lowest BCUT2D eigenvalue weighted by atomic mass is 10.1. The van der Waals surface area contributed by atoms with Gasteiger partial charge in [0, 0.05) is 32.1 Å². The van der Waals surface area contributed by atoms with Gasteiger partial charge in [0.15, 0.2) is 5.75 Å². The van der Waals surface area contributed by atoms with Crippen molar-refractivity contribution in [2.24, 2.45) is 0 Å². The lowest BCUT2D eigenvalue weighted by Crippen LogP contribution is -2.03. The topological polar surface area (TPSA) is 58.3 Å². The molecule has 0 aliphatic heterocycles. The molecule has 0 saturated carbocycles. The summed E-state index contributed by atoms with van der Waals surface area (Å²) in [4.78, 5) is 2.11. The molecule has 0 saturated heterocycles. The zero-order chi connectivity index (χ0) is 20.3.